The van der Waals surface area contributed by atoms with Crippen LogP contribution >= 0.6 is 15.9 Å². The molecule has 0 aromatic heterocycles. The Morgan fingerprint density at radius 1 is 1.37 bits per heavy atom. The molecule has 2 bridgehead atoms. The Morgan fingerprint density at radius 3 is 2.89 bits per heavy atom. The third-order valence-electron chi connectivity index (χ3n) is 4.58. The fourth-order valence-electron chi connectivity index (χ4n) is 3.62. The SMILES string of the molecule is O=C(NCC1CC2CCC1C2)c1cc(F)ccc1Br. The second-order valence-corrected chi connectivity index (χ2v) is 6.62. The number of amides is 1. The second-order valence-electron chi connectivity index (χ2n) is 5.77. The summed E-state index contributed by atoms with van der Waals surface area (Å²) in [4.78, 5) is 12.1. The van der Waals surface area contributed by atoms with E-state index in [0.29, 0.717) is 16.0 Å². The van der Waals surface area contributed by atoms with Crippen LogP contribution in [0.3, 0.4) is 0 Å². The summed E-state index contributed by atoms with van der Waals surface area (Å²) in [5.41, 5.74) is 0.378. The minimum atomic E-state index is -0.381. The Kier molecular flexibility index (Phi) is 3.61. The molecule has 3 rings (SSSR count). The topological polar surface area (TPSA) is 29.1 Å². The quantitative estimate of drug-likeness (QED) is 0.900. The van der Waals surface area contributed by atoms with Crippen LogP contribution in [-0.4, -0.2) is 12.5 Å². The van der Waals surface area contributed by atoms with Crippen LogP contribution in [0.5, 0.6) is 0 Å². The monoisotopic (exact) mass is 325 g/mol. The predicted octanol–water partition coefficient (Wildman–Crippen LogP) is 3.75. The molecule has 1 amide bonds. The molecular formula is C15H17BrFNO. The number of benzene rings is 1. The van der Waals surface area contributed by atoms with Crippen molar-refractivity contribution < 1.29 is 9.18 Å². The normalized spacial score (nSPS) is 28.6. The first-order chi connectivity index (χ1) is 9.13. The molecule has 2 aliphatic carbocycles. The van der Waals surface area contributed by atoms with E-state index < -0.39 is 0 Å². The van der Waals surface area contributed by atoms with Crippen molar-refractivity contribution in [3.63, 3.8) is 0 Å². The molecule has 0 aliphatic heterocycles. The number of carbonyl (C=O) groups excluding carboxylic acids is 1. The summed E-state index contributed by atoms with van der Waals surface area (Å²) in [5.74, 6) is 1.73. The van der Waals surface area contributed by atoms with Gasteiger partial charge < -0.3 is 5.32 Å². The highest BCUT2D eigenvalue weighted by Gasteiger charge is 2.39. The second kappa shape index (κ2) is 5.23. The molecule has 4 heteroatoms. The van der Waals surface area contributed by atoms with Crippen LogP contribution in [0.25, 0.3) is 0 Å². The molecule has 0 spiro atoms. The third-order valence-corrected chi connectivity index (χ3v) is 5.27. The van der Waals surface area contributed by atoms with Crippen molar-refractivity contribution >= 4 is 21.8 Å². The van der Waals surface area contributed by atoms with E-state index in [2.05, 4.69) is 21.2 Å². The van der Waals surface area contributed by atoms with Gasteiger partial charge in [0.1, 0.15) is 5.82 Å². The van der Waals surface area contributed by atoms with E-state index in [-0.39, 0.29) is 11.7 Å². The highest BCUT2D eigenvalue weighted by atomic mass is 79.9. The minimum absolute atomic E-state index is 0.186. The van der Waals surface area contributed by atoms with Crippen molar-refractivity contribution in [2.75, 3.05) is 6.54 Å². The third kappa shape index (κ3) is 2.69. The summed E-state index contributed by atoms with van der Waals surface area (Å²) < 4.78 is 13.8. The van der Waals surface area contributed by atoms with Gasteiger partial charge in [-0.2, -0.15) is 0 Å². The van der Waals surface area contributed by atoms with Crippen LogP contribution < -0.4 is 5.32 Å². The van der Waals surface area contributed by atoms with Crippen molar-refractivity contribution in [1.82, 2.24) is 5.32 Å². The van der Waals surface area contributed by atoms with Gasteiger partial charge in [0.15, 0.2) is 0 Å². The van der Waals surface area contributed by atoms with Gasteiger partial charge in [-0.05, 0) is 71.1 Å². The van der Waals surface area contributed by atoms with Crippen LogP contribution in [0.15, 0.2) is 22.7 Å². The molecule has 102 valence electrons. The lowest BCUT2D eigenvalue weighted by atomic mass is 9.89. The van der Waals surface area contributed by atoms with Crippen molar-refractivity contribution in [3.8, 4) is 0 Å². The zero-order valence-corrected chi connectivity index (χ0v) is 12.2. The van der Waals surface area contributed by atoms with E-state index in [0.717, 1.165) is 18.4 Å². The lowest BCUT2D eigenvalue weighted by molar-refractivity contribution is 0.0940. The Morgan fingerprint density at radius 2 is 2.21 bits per heavy atom. The van der Waals surface area contributed by atoms with Gasteiger partial charge in [0, 0.05) is 11.0 Å². The van der Waals surface area contributed by atoms with E-state index in [4.69, 9.17) is 0 Å². The van der Waals surface area contributed by atoms with Gasteiger partial charge in [-0.15, -0.1) is 0 Å². The van der Waals surface area contributed by atoms with Gasteiger partial charge in [0.25, 0.3) is 5.91 Å². The lowest BCUT2D eigenvalue weighted by Crippen LogP contribution is -2.31. The average molecular weight is 326 g/mol. The summed E-state index contributed by atoms with van der Waals surface area (Å²) in [6, 6.07) is 4.19. The van der Waals surface area contributed by atoms with Crippen molar-refractivity contribution in [1.29, 1.82) is 0 Å². The lowest BCUT2D eigenvalue weighted by Gasteiger charge is -2.21. The van der Waals surface area contributed by atoms with E-state index in [1.807, 2.05) is 0 Å². The number of nitrogens with one attached hydrogen (secondary N) is 1. The number of hydrogen-bond donors (Lipinski definition) is 1. The minimum Gasteiger partial charge on any atom is -0.352 e. The Bertz CT molecular complexity index is 505. The molecule has 0 heterocycles. The van der Waals surface area contributed by atoms with E-state index >= 15 is 0 Å². The zero-order valence-electron chi connectivity index (χ0n) is 10.7. The van der Waals surface area contributed by atoms with Gasteiger partial charge >= 0.3 is 0 Å². The molecule has 2 saturated carbocycles. The molecule has 1 N–H and O–H groups in total. The average Bonchev–Trinajstić information content (AvgIpc) is 3.01. The number of rotatable bonds is 3. The Hall–Kier alpha value is -0.900. The molecule has 1 aromatic carbocycles. The first kappa shape index (κ1) is 13.1. The maximum Gasteiger partial charge on any atom is 0.252 e. The van der Waals surface area contributed by atoms with Crippen molar-refractivity contribution in [3.05, 3.63) is 34.1 Å². The highest BCUT2D eigenvalue weighted by molar-refractivity contribution is 9.10. The van der Waals surface area contributed by atoms with E-state index in [1.165, 1.54) is 37.8 Å². The van der Waals surface area contributed by atoms with Crippen LogP contribution in [0.4, 0.5) is 4.39 Å². The van der Waals surface area contributed by atoms with Crippen molar-refractivity contribution in [2.24, 2.45) is 17.8 Å². The van der Waals surface area contributed by atoms with Gasteiger partial charge in [-0.1, -0.05) is 6.42 Å². The fourth-order valence-corrected chi connectivity index (χ4v) is 4.04. The number of hydrogen-bond acceptors (Lipinski definition) is 1. The molecule has 0 radical (unpaired) electrons. The summed E-state index contributed by atoms with van der Waals surface area (Å²) in [5, 5.41) is 2.96. The summed E-state index contributed by atoms with van der Waals surface area (Å²) in [6.45, 7) is 0.725. The molecule has 2 fully saturated rings. The largest absolute Gasteiger partial charge is 0.352 e. The maximum absolute atomic E-state index is 13.2. The first-order valence-corrected chi connectivity index (χ1v) is 7.66. The molecule has 2 nitrogen and oxygen atoms in total. The van der Waals surface area contributed by atoms with Gasteiger partial charge in [0.05, 0.1) is 5.56 Å². The summed E-state index contributed by atoms with van der Waals surface area (Å²) in [6.07, 6.45) is 5.26. The number of carbonyl (C=O) groups is 1. The molecule has 19 heavy (non-hydrogen) atoms. The first-order valence-electron chi connectivity index (χ1n) is 6.86. The standard InChI is InChI=1S/C15H17BrFNO/c16-14-4-3-12(17)7-13(14)15(19)18-8-11-6-9-1-2-10(11)5-9/h3-4,7,9-11H,1-2,5-6,8H2,(H,18,19). The van der Waals surface area contributed by atoms with E-state index in [1.54, 1.807) is 6.07 Å². The number of halogens is 2. The van der Waals surface area contributed by atoms with Crippen LogP contribution in [0.2, 0.25) is 0 Å². The van der Waals surface area contributed by atoms with Gasteiger partial charge in [0.2, 0.25) is 0 Å². The van der Waals surface area contributed by atoms with Gasteiger partial charge in [-0.25, -0.2) is 4.39 Å². The summed E-state index contributed by atoms with van der Waals surface area (Å²) in [7, 11) is 0. The van der Waals surface area contributed by atoms with Crippen molar-refractivity contribution in [2.45, 2.75) is 25.7 Å². The molecule has 0 saturated heterocycles. The Labute approximate surface area is 120 Å². The van der Waals surface area contributed by atoms with Crippen LogP contribution in [-0.2, 0) is 0 Å². The molecule has 2 aliphatic rings. The predicted molar refractivity (Wildman–Crippen MR) is 75.4 cm³/mol. The molecule has 3 unspecified atom stereocenters. The van der Waals surface area contributed by atoms with Gasteiger partial charge in [-0.3, -0.25) is 4.79 Å². The van der Waals surface area contributed by atoms with Crippen LogP contribution in [0.1, 0.15) is 36.0 Å². The van der Waals surface area contributed by atoms with Crippen LogP contribution in [0, 0.1) is 23.6 Å². The molecular weight excluding hydrogens is 309 g/mol. The zero-order chi connectivity index (χ0) is 13.4. The molecule has 3 atom stereocenters. The highest BCUT2D eigenvalue weighted by Crippen LogP contribution is 2.47. The Balaban J connectivity index is 1.61. The molecule has 1 aromatic rings. The number of fused-ring (bicyclic) bond motifs is 2. The smallest absolute Gasteiger partial charge is 0.252 e. The summed E-state index contributed by atoms with van der Waals surface area (Å²) >= 11 is 3.29. The maximum atomic E-state index is 13.2. The van der Waals surface area contributed by atoms with E-state index in [9.17, 15) is 9.18 Å². The fraction of sp³-hybridized carbons (Fsp3) is 0.533.